The van der Waals surface area contributed by atoms with Gasteiger partial charge in [0, 0.05) is 12.1 Å². The van der Waals surface area contributed by atoms with Crippen molar-refractivity contribution < 1.29 is 18.0 Å². The van der Waals surface area contributed by atoms with Gasteiger partial charge in [0.1, 0.15) is 0 Å². The van der Waals surface area contributed by atoms with E-state index in [4.69, 9.17) is 0 Å². The standard InChI is InChI=1S/C18H22F3NO/c1-17(2)14-8-5-12(15(17)9-14)10-22-16(23)11-3-6-13(7-4-11)18(19,20)21/h3-4,6-7,12,14-15H,5,8-10H2,1-2H3,(H,22,23)/t12-,14-,15-/m0/s1. The van der Waals surface area contributed by atoms with Gasteiger partial charge in [0.25, 0.3) is 5.91 Å². The van der Waals surface area contributed by atoms with Crippen LogP contribution in [-0.2, 0) is 6.18 Å². The van der Waals surface area contributed by atoms with Crippen molar-refractivity contribution in [1.82, 2.24) is 5.32 Å². The Kier molecular flexibility index (Phi) is 3.93. The molecule has 0 aliphatic heterocycles. The van der Waals surface area contributed by atoms with E-state index in [9.17, 15) is 18.0 Å². The summed E-state index contributed by atoms with van der Waals surface area (Å²) in [5.41, 5.74) is -0.0923. The SMILES string of the molecule is CC1(C)[C@H]2CC[C@@H](CNC(=O)c3ccc(C(F)(F)F)cc3)[C@@H]1C2. The molecule has 0 heterocycles. The largest absolute Gasteiger partial charge is 0.416 e. The zero-order valence-electron chi connectivity index (χ0n) is 13.4. The number of alkyl halides is 3. The maximum atomic E-state index is 12.5. The number of carbonyl (C=O) groups is 1. The normalized spacial score (nSPS) is 28.8. The molecule has 23 heavy (non-hydrogen) atoms. The van der Waals surface area contributed by atoms with Crippen molar-refractivity contribution in [2.75, 3.05) is 6.54 Å². The molecule has 2 nitrogen and oxygen atoms in total. The maximum absolute atomic E-state index is 12.5. The molecule has 5 heteroatoms. The van der Waals surface area contributed by atoms with Gasteiger partial charge in [-0.25, -0.2) is 0 Å². The highest BCUT2D eigenvalue weighted by molar-refractivity contribution is 5.94. The van der Waals surface area contributed by atoms with Crippen molar-refractivity contribution in [2.45, 2.75) is 39.3 Å². The smallest absolute Gasteiger partial charge is 0.352 e. The average molecular weight is 325 g/mol. The van der Waals surface area contributed by atoms with Crippen molar-refractivity contribution >= 4 is 5.91 Å². The van der Waals surface area contributed by atoms with E-state index in [1.807, 2.05) is 0 Å². The van der Waals surface area contributed by atoms with Crippen LogP contribution in [0, 0.1) is 23.2 Å². The number of hydrogen-bond acceptors (Lipinski definition) is 1. The molecular formula is C18H22F3NO. The van der Waals surface area contributed by atoms with Crippen molar-refractivity contribution in [1.29, 1.82) is 0 Å². The molecule has 1 aromatic carbocycles. The monoisotopic (exact) mass is 325 g/mol. The highest BCUT2D eigenvalue weighted by atomic mass is 19.4. The van der Waals surface area contributed by atoms with Gasteiger partial charge < -0.3 is 5.32 Å². The zero-order chi connectivity index (χ0) is 16.8. The minimum atomic E-state index is -4.37. The lowest BCUT2D eigenvalue weighted by Gasteiger charge is -2.60. The van der Waals surface area contributed by atoms with E-state index in [1.54, 1.807) is 0 Å². The van der Waals surface area contributed by atoms with Crippen LogP contribution in [0.4, 0.5) is 13.2 Å². The van der Waals surface area contributed by atoms with Gasteiger partial charge in [-0.2, -0.15) is 13.2 Å². The number of amides is 1. The van der Waals surface area contributed by atoms with Crippen molar-refractivity contribution in [3.8, 4) is 0 Å². The van der Waals surface area contributed by atoms with E-state index in [0.29, 0.717) is 23.8 Å². The average Bonchev–Trinajstić information content (AvgIpc) is 2.51. The first-order chi connectivity index (χ1) is 10.7. The lowest BCUT2D eigenvalue weighted by Crippen LogP contribution is -2.54. The number of fused-ring (bicyclic) bond motifs is 2. The molecule has 1 N–H and O–H groups in total. The Balaban J connectivity index is 1.57. The summed E-state index contributed by atoms with van der Waals surface area (Å²) in [6, 6.07) is 4.38. The molecule has 0 saturated heterocycles. The number of nitrogens with one attached hydrogen (secondary N) is 1. The second-order valence-corrected chi connectivity index (χ2v) is 7.48. The maximum Gasteiger partial charge on any atom is 0.416 e. The van der Waals surface area contributed by atoms with Crippen LogP contribution in [0.2, 0.25) is 0 Å². The van der Waals surface area contributed by atoms with Crippen LogP contribution in [0.5, 0.6) is 0 Å². The van der Waals surface area contributed by atoms with E-state index in [0.717, 1.165) is 24.5 Å². The Morgan fingerprint density at radius 1 is 1.22 bits per heavy atom. The highest BCUT2D eigenvalue weighted by Crippen LogP contribution is 2.61. The molecule has 0 unspecified atom stereocenters. The summed E-state index contributed by atoms with van der Waals surface area (Å²) in [4.78, 5) is 12.1. The summed E-state index contributed by atoms with van der Waals surface area (Å²) in [7, 11) is 0. The third kappa shape index (κ3) is 2.98. The fourth-order valence-corrected chi connectivity index (χ4v) is 4.34. The topological polar surface area (TPSA) is 29.1 Å². The summed E-state index contributed by atoms with van der Waals surface area (Å²) >= 11 is 0. The van der Waals surface area contributed by atoms with Crippen LogP contribution in [-0.4, -0.2) is 12.5 Å². The molecule has 0 aromatic heterocycles. The Bertz CT molecular complexity index is 589. The van der Waals surface area contributed by atoms with E-state index >= 15 is 0 Å². The lowest BCUT2D eigenvalue weighted by atomic mass is 9.45. The molecule has 3 aliphatic carbocycles. The van der Waals surface area contributed by atoms with Crippen LogP contribution in [0.25, 0.3) is 0 Å². The molecule has 126 valence electrons. The molecule has 3 atom stereocenters. The van der Waals surface area contributed by atoms with E-state index < -0.39 is 11.7 Å². The molecule has 4 rings (SSSR count). The minimum absolute atomic E-state index is 0.277. The fourth-order valence-electron chi connectivity index (χ4n) is 4.34. The van der Waals surface area contributed by atoms with Crippen molar-refractivity contribution in [2.24, 2.45) is 23.2 Å². The van der Waals surface area contributed by atoms with E-state index in [1.165, 1.54) is 25.0 Å². The Morgan fingerprint density at radius 3 is 2.39 bits per heavy atom. The first kappa shape index (κ1) is 16.3. The number of hydrogen-bond donors (Lipinski definition) is 1. The Labute approximate surface area is 134 Å². The van der Waals surface area contributed by atoms with E-state index in [2.05, 4.69) is 19.2 Å². The summed E-state index contributed by atoms with van der Waals surface area (Å²) in [6.45, 7) is 5.21. The van der Waals surface area contributed by atoms with Crippen LogP contribution < -0.4 is 5.32 Å². The molecule has 0 radical (unpaired) electrons. The molecule has 1 amide bonds. The second kappa shape index (κ2) is 5.53. The van der Waals surface area contributed by atoms with Crippen LogP contribution in [0.3, 0.4) is 0 Å². The predicted molar refractivity (Wildman–Crippen MR) is 81.9 cm³/mol. The summed E-state index contributed by atoms with van der Waals surface area (Å²) in [5.74, 6) is 1.65. The van der Waals surface area contributed by atoms with E-state index in [-0.39, 0.29) is 11.5 Å². The number of rotatable bonds is 3. The van der Waals surface area contributed by atoms with Gasteiger partial charge in [0.2, 0.25) is 0 Å². The van der Waals surface area contributed by atoms with Crippen LogP contribution in [0.15, 0.2) is 24.3 Å². The van der Waals surface area contributed by atoms with Gasteiger partial charge in [-0.15, -0.1) is 0 Å². The molecular weight excluding hydrogens is 303 g/mol. The number of benzene rings is 1. The minimum Gasteiger partial charge on any atom is -0.352 e. The summed E-state index contributed by atoms with van der Waals surface area (Å²) < 4.78 is 37.6. The number of carbonyl (C=O) groups excluding carboxylic acids is 1. The van der Waals surface area contributed by atoms with Crippen LogP contribution in [0.1, 0.15) is 49.0 Å². The second-order valence-electron chi connectivity index (χ2n) is 7.48. The Morgan fingerprint density at radius 2 is 1.87 bits per heavy atom. The molecule has 3 aliphatic rings. The van der Waals surface area contributed by atoms with Crippen molar-refractivity contribution in [3.05, 3.63) is 35.4 Å². The lowest BCUT2D eigenvalue weighted by molar-refractivity contribution is -0.137. The molecule has 0 spiro atoms. The van der Waals surface area contributed by atoms with Crippen molar-refractivity contribution in [3.63, 3.8) is 0 Å². The summed E-state index contributed by atoms with van der Waals surface area (Å²) in [6.07, 6.45) is -0.784. The van der Waals surface area contributed by atoms with Gasteiger partial charge in [-0.05, 0) is 66.7 Å². The number of halogens is 3. The third-order valence-corrected chi connectivity index (χ3v) is 6.00. The summed E-state index contributed by atoms with van der Waals surface area (Å²) in [5, 5.41) is 2.90. The fraction of sp³-hybridized carbons (Fsp3) is 0.611. The quantitative estimate of drug-likeness (QED) is 0.870. The van der Waals surface area contributed by atoms with Gasteiger partial charge >= 0.3 is 6.18 Å². The van der Waals surface area contributed by atoms with Gasteiger partial charge in [0.05, 0.1) is 5.56 Å². The molecule has 2 bridgehead atoms. The predicted octanol–water partition coefficient (Wildman–Crippen LogP) is 4.51. The Hall–Kier alpha value is -1.52. The van der Waals surface area contributed by atoms with Gasteiger partial charge in [-0.3, -0.25) is 4.79 Å². The first-order valence-corrected chi connectivity index (χ1v) is 8.15. The first-order valence-electron chi connectivity index (χ1n) is 8.15. The van der Waals surface area contributed by atoms with Gasteiger partial charge in [0.15, 0.2) is 0 Å². The third-order valence-electron chi connectivity index (χ3n) is 6.00. The highest BCUT2D eigenvalue weighted by Gasteiger charge is 2.53. The molecule has 3 saturated carbocycles. The molecule has 1 aromatic rings. The van der Waals surface area contributed by atoms with Gasteiger partial charge in [-0.1, -0.05) is 13.8 Å². The van der Waals surface area contributed by atoms with Crippen LogP contribution >= 0.6 is 0 Å². The molecule has 3 fully saturated rings. The zero-order valence-corrected chi connectivity index (χ0v) is 13.4.